The summed E-state index contributed by atoms with van der Waals surface area (Å²) in [6.07, 6.45) is 25.8. The lowest BCUT2D eigenvalue weighted by molar-refractivity contribution is -0.152. The molecule has 0 spiro atoms. The lowest BCUT2D eigenvalue weighted by Gasteiger charge is -2.25. The minimum absolute atomic E-state index is 0.0293. The largest absolute Gasteiger partial charge is 0.481 e. The third kappa shape index (κ3) is 18.6. The molecular weight excluding hydrogens is 1150 g/mol. The van der Waals surface area contributed by atoms with Gasteiger partial charge in [-0.25, -0.2) is 15.0 Å². The average Bonchev–Trinajstić information content (AvgIpc) is 4.15. The minimum Gasteiger partial charge on any atom is -0.481 e. The Kier molecular flexibility index (Phi) is 24.7. The zero-order valence-electron chi connectivity index (χ0n) is 50.9. The molecule has 3 saturated carbocycles. The molecule has 9 rings (SSSR count). The number of hydrogen-bond donors (Lipinski definition) is 6. The average molecular weight is 1240 g/mol. The standard InChI is InChI=1S/3C23H28N2O3S/c3*1-3-23(4-2,22(27)28)14-20(26)24-18-10-5-7-16(13-18)11-12-21-25-19(15-29-21)17-8-6-9-17/h3*5,7,10-13,15,17H,3-4,6,8-9,14H2,1-2H3,(H,24,26)(H,27,28)/b3*12-11+. The molecule has 0 atom stereocenters. The molecule has 15 nitrogen and oxygen atoms in total. The third-order valence-corrected chi connectivity index (χ3v) is 20.4. The van der Waals surface area contributed by atoms with Crippen molar-refractivity contribution in [3.63, 3.8) is 0 Å². The maximum absolute atomic E-state index is 12.4. The van der Waals surface area contributed by atoms with Crippen molar-refractivity contribution >= 4 is 123 Å². The number of carbonyl (C=O) groups is 6. The number of anilines is 3. The maximum Gasteiger partial charge on any atom is 0.310 e. The maximum atomic E-state index is 12.4. The summed E-state index contributed by atoms with van der Waals surface area (Å²) >= 11 is 4.96. The molecule has 3 heterocycles. The summed E-state index contributed by atoms with van der Waals surface area (Å²) in [5, 5.41) is 46.5. The Bertz CT molecular complexity index is 3040. The highest BCUT2D eigenvalue weighted by Gasteiger charge is 2.39. The highest BCUT2D eigenvalue weighted by molar-refractivity contribution is 7.11. The van der Waals surface area contributed by atoms with Crippen LogP contribution >= 0.6 is 34.0 Å². The number of aliphatic carboxylic acids is 3. The van der Waals surface area contributed by atoms with Gasteiger partial charge in [-0.15, -0.1) is 34.0 Å². The van der Waals surface area contributed by atoms with Crippen LogP contribution in [0, 0.1) is 16.2 Å². The number of carboxylic acids is 3. The van der Waals surface area contributed by atoms with Gasteiger partial charge in [-0.1, -0.05) is 115 Å². The van der Waals surface area contributed by atoms with E-state index in [0.717, 1.165) is 31.7 Å². The molecule has 3 amide bonds. The molecule has 6 aromatic rings. The SMILES string of the molecule is CCC(CC)(CC(=O)Nc1cccc(/C=C/c2nc(C3CCC3)cs2)c1)C(=O)O.CCC(CC)(CC(=O)Nc1cccc(/C=C/c2nc(C3CCC3)cs2)c1)C(=O)O.CCC(CC)(CC(=O)Nc1cccc(/C=C/c2nc(C3CCC3)cs2)c1)C(=O)O. The number of nitrogens with one attached hydrogen (secondary N) is 3. The summed E-state index contributed by atoms with van der Waals surface area (Å²) < 4.78 is 0. The fourth-order valence-corrected chi connectivity index (χ4v) is 13.0. The predicted molar refractivity (Wildman–Crippen MR) is 354 cm³/mol. The third-order valence-electron chi connectivity index (χ3n) is 17.9. The van der Waals surface area contributed by atoms with Crippen molar-refractivity contribution in [3.05, 3.63) is 138 Å². The second kappa shape index (κ2) is 32.0. The summed E-state index contributed by atoms with van der Waals surface area (Å²) in [5.74, 6) is -1.67. The van der Waals surface area contributed by atoms with Crippen molar-refractivity contribution in [2.45, 2.75) is 175 Å². The van der Waals surface area contributed by atoms with E-state index in [1.165, 1.54) is 74.9 Å². The van der Waals surface area contributed by atoms with Crippen molar-refractivity contribution in [2.24, 2.45) is 16.2 Å². The molecular formula is C69H84N6O9S3. The fourth-order valence-electron chi connectivity index (χ4n) is 10.6. The van der Waals surface area contributed by atoms with Crippen LogP contribution in [0.3, 0.4) is 0 Å². The van der Waals surface area contributed by atoms with Crippen molar-refractivity contribution in [3.8, 4) is 0 Å². The van der Waals surface area contributed by atoms with Gasteiger partial charge in [0.1, 0.15) is 15.0 Å². The topological polar surface area (TPSA) is 238 Å². The van der Waals surface area contributed by atoms with Crippen LogP contribution in [0.25, 0.3) is 36.5 Å². The molecule has 18 heteroatoms. The van der Waals surface area contributed by atoms with E-state index < -0.39 is 34.2 Å². The molecule has 0 aliphatic heterocycles. The molecule has 87 heavy (non-hydrogen) atoms. The van der Waals surface area contributed by atoms with Crippen molar-refractivity contribution in [2.75, 3.05) is 16.0 Å². The molecule has 0 bridgehead atoms. The Labute approximate surface area is 524 Å². The summed E-state index contributed by atoms with van der Waals surface area (Å²) in [5.41, 5.74) is 5.45. The van der Waals surface area contributed by atoms with Crippen LogP contribution in [0.4, 0.5) is 17.1 Å². The van der Waals surface area contributed by atoms with Crippen LogP contribution in [0.5, 0.6) is 0 Å². The van der Waals surface area contributed by atoms with E-state index in [1.54, 1.807) is 34.0 Å². The quantitative estimate of drug-likeness (QED) is 0.0282. The monoisotopic (exact) mass is 1240 g/mol. The lowest BCUT2D eigenvalue weighted by atomic mass is 9.79. The first-order valence-electron chi connectivity index (χ1n) is 30.7. The van der Waals surface area contributed by atoms with Crippen LogP contribution in [0.15, 0.2) is 88.9 Å². The van der Waals surface area contributed by atoms with Gasteiger partial charge in [-0.3, -0.25) is 28.8 Å². The summed E-state index contributed by atoms with van der Waals surface area (Å²) in [6.45, 7) is 10.9. The zero-order chi connectivity index (χ0) is 62.6. The van der Waals surface area contributed by atoms with E-state index in [1.807, 2.05) is 151 Å². The minimum atomic E-state index is -1.01. The Morgan fingerprint density at radius 1 is 0.425 bits per heavy atom. The highest BCUT2D eigenvalue weighted by Crippen LogP contribution is 2.40. The van der Waals surface area contributed by atoms with E-state index in [0.29, 0.717) is 73.3 Å². The number of hydrogen-bond acceptors (Lipinski definition) is 12. The first-order chi connectivity index (χ1) is 41.9. The van der Waals surface area contributed by atoms with Gasteiger partial charge in [0.25, 0.3) is 0 Å². The van der Waals surface area contributed by atoms with Crippen LogP contribution in [-0.4, -0.2) is 65.9 Å². The number of carbonyl (C=O) groups excluding carboxylic acids is 3. The first kappa shape index (κ1) is 67.1. The van der Waals surface area contributed by atoms with Crippen LogP contribution in [0.2, 0.25) is 0 Å². The zero-order valence-corrected chi connectivity index (χ0v) is 53.4. The lowest BCUT2D eigenvalue weighted by Crippen LogP contribution is -2.34. The second-order valence-corrected chi connectivity index (χ2v) is 25.8. The summed E-state index contributed by atoms with van der Waals surface area (Å²) in [6, 6.07) is 22.6. The second-order valence-electron chi connectivity index (χ2n) is 23.1. The molecule has 0 radical (unpaired) electrons. The number of amides is 3. The van der Waals surface area contributed by atoms with Gasteiger partial charge < -0.3 is 31.3 Å². The molecule has 0 unspecified atom stereocenters. The van der Waals surface area contributed by atoms with Gasteiger partial charge in [-0.05, 0) is 148 Å². The van der Waals surface area contributed by atoms with Gasteiger partial charge in [0.05, 0.1) is 33.3 Å². The predicted octanol–water partition coefficient (Wildman–Crippen LogP) is 17.4. The smallest absolute Gasteiger partial charge is 0.310 e. The molecule has 3 aliphatic rings. The summed E-state index contributed by atoms with van der Waals surface area (Å²) in [4.78, 5) is 86.3. The van der Waals surface area contributed by atoms with E-state index >= 15 is 0 Å². The summed E-state index contributed by atoms with van der Waals surface area (Å²) in [7, 11) is 0. The van der Waals surface area contributed by atoms with E-state index in [2.05, 4.69) is 32.1 Å². The van der Waals surface area contributed by atoms with Gasteiger partial charge in [0.2, 0.25) is 17.7 Å². The van der Waals surface area contributed by atoms with E-state index in [9.17, 15) is 44.1 Å². The van der Waals surface area contributed by atoms with Crippen LogP contribution in [0.1, 0.15) is 224 Å². The first-order valence-corrected chi connectivity index (χ1v) is 33.3. The van der Waals surface area contributed by atoms with Gasteiger partial charge in [0.15, 0.2) is 0 Å². The molecule has 6 N–H and O–H groups in total. The Balaban J connectivity index is 0.000000186. The van der Waals surface area contributed by atoms with Gasteiger partial charge in [0, 0.05) is 70.2 Å². The van der Waals surface area contributed by atoms with Crippen molar-refractivity contribution in [1.82, 2.24) is 15.0 Å². The molecule has 3 fully saturated rings. The Hall–Kier alpha value is -7.41. The molecule has 0 saturated heterocycles. The molecule has 462 valence electrons. The van der Waals surface area contributed by atoms with Gasteiger partial charge >= 0.3 is 17.9 Å². The number of nitrogens with zero attached hydrogens (tertiary/aromatic N) is 3. The highest BCUT2D eigenvalue weighted by atomic mass is 32.1. The van der Waals surface area contributed by atoms with Crippen LogP contribution in [-0.2, 0) is 28.8 Å². The van der Waals surface area contributed by atoms with Gasteiger partial charge in [-0.2, -0.15) is 0 Å². The molecule has 3 aromatic carbocycles. The molecule has 3 aliphatic carbocycles. The number of rotatable bonds is 27. The van der Waals surface area contributed by atoms with E-state index in [-0.39, 0.29) is 37.0 Å². The Morgan fingerprint density at radius 2 is 0.678 bits per heavy atom. The Morgan fingerprint density at radius 3 is 0.885 bits per heavy atom. The van der Waals surface area contributed by atoms with E-state index in [4.69, 9.17) is 15.0 Å². The van der Waals surface area contributed by atoms with Crippen molar-refractivity contribution in [1.29, 1.82) is 0 Å². The van der Waals surface area contributed by atoms with Crippen molar-refractivity contribution < 1.29 is 44.1 Å². The molecule has 3 aromatic heterocycles. The number of thiazole rings is 3. The fraction of sp³-hybridized carbons (Fsp3) is 0.435. The normalized spacial score (nSPS) is 14.7. The number of benzene rings is 3. The number of carboxylic acid groups (broad SMARTS) is 3. The number of aromatic nitrogens is 3. The van der Waals surface area contributed by atoms with Crippen LogP contribution < -0.4 is 16.0 Å².